The molecule has 2 amide bonds. The summed E-state index contributed by atoms with van der Waals surface area (Å²) in [7, 11) is -4.09. The van der Waals surface area contributed by atoms with Crippen molar-refractivity contribution in [3.63, 3.8) is 0 Å². The predicted molar refractivity (Wildman–Crippen MR) is 124 cm³/mol. The number of ether oxygens (including phenoxy) is 1. The summed E-state index contributed by atoms with van der Waals surface area (Å²) in [6.45, 7) is 5.41. The predicted octanol–water partition coefficient (Wildman–Crippen LogP) is 3.64. The van der Waals surface area contributed by atoms with E-state index in [2.05, 4.69) is 0 Å². The van der Waals surface area contributed by atoms with Gasteiger partial charge in [0.25, 0.3) is 5.91 Å². The lowest BCUT2D eigenvalue weighted by Crippen LogP contribution is -2.49. The van der Waals surface area contributed by atoms with Crippen molar-refractivity contribution in [3.8, 4) is 0 Å². The van der Waals surface area contributed by atoms with Crippen molar-refractivity contribution in [2.75, 3.05) is 11.5 Å². The number of benzene rings is 2. The molecular weight excluding hydrogens is 468 g/mol. The zero-order valence-electron chi connectivity index (χ0n) is 18.5. The van der Waals surface area contributed by atoms with Gasteiger partial charge in [-0.1, -0.05) is 18.5 Å². The summed E-state index contributed by atoms with van der Waals surface area (Å²) in [5, 5.41) is 0.383. The highest BCUT2D eigenvalue weighted by Crippen LogP contribution is 2.32. The fourth-order valence-electron chi connectivity index (χ4n) is 3.67. The molecule has 2 aromatic carbocycles. The van der Waals surface area contributed by atoms with Gasteiger partial charge in [-0.3, -0.25) is 9.59 Å². The summed E-state index contributed by atoms with van der Waals surface area (Å²) < 4.78 is 33.0. The van der Waals surface area contributed by atoms with Crippen LogP contribution in [0.25, 0.3) is 0 Å². The molecule has 10 heteroatoms. The third kappa shape index (κ3) is 4.95. The van der Waals surface area contributed by atoms with E-state index in [1.807, 2.05) is 6.92 Å². The molecule has 0 aliphatic carbocycles. The first kappa shape index (κ1) is 24.9. The second-order valence-corrected chi connectivity index (χ2v) is 9.88. The van der Waals surface area contributed by atoms with Crippen LogP contribution >= 0.6 is 11.6 Å². The van der Waals surface area contributed by atoms with E-state index < -0.39 is 39.9 Å². The van der Waals surface area contributed by atoms with Crippen molar-refractivity contribution < 1.29 is 27.5 Å². The fourth-order valence-corrected chi connectivity index (χ4v) is 5.64. The number of carbonyl (C=O) groups is 3. The van der Waals surface area contributed by atoms with E-state index >= 15 is 0 Å². The molecule has 0 N–H and O–H groups in total. The van der Waals surface area contributed by atoms with E-state index in [1.54, 1.807) is 13.8 Å². The molecule has 3 rings (SSSR count). The van der Waals surface area contributed by atoms with Crippen LogP contribution in [0.4, 0.5) is 5.69 Å². The molecule has 1 aliphatic rings. The van der Waals surface area contributed by atoms with E-state index in [9.17, 15) is 22.8 Å². The van der Waals surface area contributed by atoms with Crippen LogP contribution in [0.1, 0.15) is 44.0 Å². The molecule has 0 radical (unpaired) electrons. The van der Waals surface area contributed by atoms with Crippen LogP contribution < -0.4 is 4.90 Å². The number of sulfonamides is 1. The molecule has 0 bridgehead atoms. The lowest BCUT2D eigenvalue weighted by atomic mass is 10.2. The minimum absolute atomic E-state index is 0.00955. The average Bonchev–Trinajstić information content (AvgIpc) is 3.07. The van der Waals surface area contributed by atoms with Gasteiger partial charge in [-0.2, -0.15) is 4.31 Å². The Balaban J connectivity index is 1.94. The van der Waals surface area contributed by atoms with E-state index in [4.69, 9.17) is 16.3 Å². The summed E-state index contributed by atoms with van der Waals surface area (Å²) in [5.74, 6) is -1.67. The summed E-state index contributed by atoms with van der Waals surface area (Å²) in [4.78, 5) is 39.0. The number of halogens is 1. The molecular formula is C23H25ClN2O6S. The van der Waals surface area contributed by atoms with E-state index in [0.29, 0.717) is 11.4 Å². The number of nitrogens with zero attached hydrogens (tertiary/aromatic N) is 2. The molecule has 176 valence electrons. The minimum Gasteiger partial charge on any atom is -0.462 e. The summed E-state index contributed by atoms with van der Waals surface area (Å²) in [6, 6.07) is 9.80. The average molecular weight is 493 g/mol. The molecule has 2 aromatic rings. The molecule has 2 unspecified atom stereocenters. The fraction of sp³-hybridized carbons (Fsp3) is 0.348. The van der Waals surface area contributed by atoms with Crippen molar-refractivity contribution in [3.05, 3.63) is 59.1 Å². The summed E-state index contributed by atoms with van der Waals surface area (Å²) in [6.07, 6.45) is 0.161. The molecule has 2 atom stereocenters. The Kier molecular flexibility index (Phi) is 7.56. The molecule has 1 fully saturated rings. The Morgan fingerprint density at radius 1 is 1.12 bits per heavy atom. The maximum absolute atomic E-state index is 13.5. The van der Waals surface area contributed by atoms with Gasteiger partial charge in [0.15, 0.2) is 0 Å². The van der Waals surface area contributed by atoms with Crippen LogP contribution in [-0.4, -0.2) is 49.2 Å². The van der Waals surface area contributed by atoms with E-state index in [-0.39, 0.29) is 29.2 Å². The Morgan fingerprint density at radius 2 is 1.73 bits per heavy atom. The van der Waals surface area contributed by atoms with Gasteiger partial charge in [0.05, 0.1) is 29.2 Å². The summed E-state index contributed by atoms with van der Waals surface area (Å²) >= 11 is 5.89. The molecule has 33 heavy (non-hydrogen) atoms. The molecule has 8 nitrogen and oxygen atoms in total. The van der Waals surface area contributed by atoms with Crippen LogP contribution in [0.5, 0.6) is 0 Å². The largest absolute Gasteiger partial charge is 0.462 e. The Bertz CT molecular complexity index is 1150. The normalized spacial score (nSPS) is 17.5. The first-order valence-electron chi connectivity index (χ1n) is 10.5. The van der Waals surface area contributed by atoms with Crippen LogP contribution in [0.2, 0.25) is 5.02 Å². The minimum atomic E-state index is -4.09. The maximum atomic E-state index is 13.5. The topological polar surface area (TPSA) is 101 Å². The van der Waals surface area contributed by atoms with Crippen molar-refractivity contribution in [2.45, 2.75) is 50.6 Å². The molecule has 1 heterocycles. The maximum Gasteiger partial charge on any atom is 0.338 e. The molecule has 0 saturated carbocycles. The van der Waals surface area contributed by atoms with Crippen LogP contribution in [-0.2, 0) is 24.3 Å². The number of hydrogen-bond donors (Lipinski definition) is 0. The highest BCUT2D eigenvalue weighted by Gasteiger charge is 2.48. The van der Waals surface area contributed by atoms with Gasteiger partial charge in [-0.25, -0.2) is 18.1 Å². The van der Waals surface area contributed by atoms with Gasteiger partial charge in [0, 0.05) is 11.1 Å². The quantitative estimate of drug-likeness (QED) is 0.412. The molecule has 1 saturated heterocycles. The standard InChI is InChI=1S/C23H25ClN2O6S/c1-4-15(3)26(33(30,31)19-12-8-17(24)9-13-19)20-14-21(27)25(22(20)28)18-10-6-16(7-11-18)23(29)32-5-2/h6-13,15,20H,4-5,14H2,1-3H3. The number of imide groups is 1. The monoisotopic (exact) mass is 492 g/mol. The Labute approximate surface area is 198 Å². The lowest BCUT2D eigenvalue weighted by molar-refractivity contribution is -0.122. The van der Waals surface area contributed by atoms with Gasteiger partial charge in [0.1, 0.15) is 6.04 Å². The lowest BCUT2D eigenvalue weighted by Gasteiger charge is -2.31. The zero-order chi connectivity index (χ0) is 24.3. The zero-order valence-corrected chi connectivity index (χ0v) is 20.1. The SMILES string of the molecule is CCOC(=O)c1ccc(N2C(=O)CC(N(C(C)CC)S(=O)(=O)c3ccc(Cl)cc3)C2=O)cc1. The van der Waals surface area contributed by atoms with Crippen molar-refractivity contribution in [2.24, 2.45) is 0 Å². The van der Waals surface area contributed by atoms with Gasteiger partial charge in [-0.15, -0.1) is 0 Å². The van der Waals surface area contributed by atoms with Crippen LogP contribution in [0.3, 0.4) is 0 Å². The number of carbonyl (C=O) groups excluding carboxylic acids is 3. The molecule has 0 spiro atoms. The summed E-state index contributed by atoms with van der Waals surface area (Å²) in [5.41, 5.74) is 0.538. The molecule has 0 aromatic heterocycles. The smallest absolute Gasteiger partial charge is 0.338 e. The van der Waals surface area contributed by atoms with Gasteiger partial charge >= 0.3 is 5.97 Å². The van der Waals surface area contributed by atoms with E-state index in [0.717, 1.165) is 9.21 Å². The first-order chi connectivity index (χ1) is 15.6. The third-order valence-electron chi connectivity index (χ3n) is 5.48. The van der Waals surface area contributed by atoms with Crippen LogP contribution in [0.15, 0.2) is 53.4 Å². The van der Waals surface area contributed by atoms with Gasteiger partial charge in [0.2, 0.25) is 15.9 Å². The van der Waals surface area contributed by atoms with Crippen molar-refractivity contribution >= 4 is 45.1 Å². The number of anilines is 1. The second kappa shape index (κ2) is 10.0. The van der Waals surface area contributed by atoms with Crippen molar-refractivity contribution in [1.29, 1.82) is 0 Å². The first-order valence-corrected chi connectivity index (χ1v) is 12.4. The number of esters is 1. The van der Waals surface area contributed by atoms with Crippen LogP contribution in [0, 0.1) is 0 Å². The number of amides is 2. The van der Waals surface area contributed by atoms with E-state index in [1.165, 1.54) is 48.5 Å². The van der Waals surface area contributed by atoms with Crippen molar-refractivity contribution in [1.82, 2.24) is 4.31 Å². The highest BCUT2D eigenvalue weighted by atomic mass is 35.5. The van der Waals surface area contributed by atoms with Gasteiger partial charge < -0.3 is 4.74 Å². The molecule has 1 aliphatic heterocycles. The number of rotatable bonds is 8. The Morgan fingerprint density at radius 3 is 2.27 bits per heavy atom. The third-order valence-corrected chi connectivity index (χ3v) is 7.77. The Hall–Kier alpha value is -2.75. The highest BCUT2D eigenvalue weighted by molar-refractivity contribution is 7.89. The van der Waals surface area contributed by atoms with Gasteiger partial charge in [-0.05, 0) is 68.8 Å². The number of hydrogen-bond acceptors (Lipinski definition) is 6. The second-order valence-electron chi connectivity index (χ2n) is 7.60.